The Balaban J connectivity index is 2.40. The smallest absolute Gasteiger partial charge is 0.230 e. The van der Waals surface area contributed by atoms with Gasteiger partial charge in [-0.25, -0.2) is 0 Å². The molecule has 0 bridgehead atoms. The van der Waals surface area contributed by atoms with E-state index in [9.17, 15) is 4.79 Å². The minimum absolute atomic E-state index is 0.152. The highest BCUT2D eigenvalue weighted by atomic mass is 16.2. The maximum absolute atomic E-state index is 11.6. The van der Waals surface area contributed by atoms with Gasteiger partial charge in [-0.05, 0) is 18.9 Å². The van der Waals surface area contributed by atoms with Gasteiger partial charge < -0.3 is 5.32 Å². The van der Waals surface area contributed by atoms with Crippen molar-refractivity contribution in [3.63, 3.8) is 0 Å². The monoisotopic (exact) mass is 175 g/mol. The summed E-state index contributed by atoms with van der Waals surface area (Å²) in [5.74, 6) is 0.152. The number of carbonyl (C=O) groups excluding carboxylic acids is 1. The van der Waals surface area contributed by atoms with Crippen LogP contribution in [0.25, 0.3) is 0 Å². The highest BCUT2D eigenvalue weighted by Crippen LogP contribution is 2.30. The largest absolute Gasteiger partial charge is 0.355 e. The zero-order chi connectivity index (χ0) is 9.31. The summed E-state index contributed by atoms with van der Waals surface area (Å²) in [6.07, 6.45) is 0.899. The summed E-state index contributed by atoms with van der Waals surface area (Å²) in [7, 11) is 0. The molecule has 0 spiro atoms. The van der Waals surface area contributed by atoms with Gasteiger partial charge in [0.05, 0.1) is 5.41 Å². The Kier molecular flexibility index (Phi) is 1.83. The Morgan fingerprint density at radius 3 is 2.54 bits per heavy atom. The summed E-state index contributed by atoms with van der Waals surface area (Å²) in [6.45, 7) is 2.80. The minimum atomic E-state index is -0.304. The molecule has 2 nitrogen and oxygen atoms in total. The van der Waals surface area contributed by atoms with Crippen LogP contribution in [-0.4, -0.2) is 12.5 Å². The van der Waals surface area contributed by atoms with Gasteiger partial charge in [0, 0.05) is 6.54 Å². The van der Waals surface area contributed by atoms with Gasteiger partial charge in [-0.1, -0.05) is 30.3 Å². The van der Waals surface area contributed by atoms with Crippen molar-refractivity contribution in [2.24, 2.45) is 0 Å². The molecule has 1 N–H and O–H groups in total. The quantitative estimate of drug-likeness (QED) is 0.688. The molecule has 1 atom stereocenters. The molecule has 1 fully saturated rings. The highest BCUT2D eigenvalue weighted by molar-refractivity contribution is 5.89. The van der Waals surface area contributed by atoms with Crippen molar-refractivity contribution in [2.45, 2.75) is 18.8 Å². The molecule has 0 unspecified atom stereocenters. The molecule has 1 heterocycles. The molecule has 2 heteroatoms. The van der Waals surface area contributed by atoms with Crippen LogP contribution in [-0.2, 0) is 10.2 Å². The molecule has 1 amide bonds. The Morgan fingerprint density at radius 1 is 1.31 bits per heavy atom. The van der Waals surface area contributed by atoms with E-state index < -0.39 is 0 Å². The summed E-state index contributed by atoms with van der Waals surface area (Å²) in [6, 6.07) is 9.97. The van der Waals surface area contributed by atoms with Gasteiger partial charge in [-0.3, -0.25) is 4.79 Å². The summed E-state index contributed by atoms with van der Waals surface area (Å²) in [5.41, 5.74) is 0.811. The second-order valence-electron chi connectivity index (χ2n) is 3.70. The summed E-state index contributed by atoms with van der Waals surface area (Å²) in [5, 5.41) is 2.87. The van der Waals surface area contributed by atoms with Crippen molar-refractivity contribution >= 4 is 5.91 Å². The van der Waals surface area contributed by atoms with E-state index in [0.717, 1.165) is 18.5 Å². The van der Waals surface area contributed by atoms with Crippen LogP contribution in [0.3, 0.4) is 0 Å². The number of amides is 1. The fourth-order valence-corrected chi connectivity index (χ4v) is 1.82. The van der Waals surface area contributed by atoms with E-state index in [1.54, 1.807) is 0 Å². The number of benzene rings is 1. The van der Waals surface area contributed by atoms with E-state index in [4.69, 9.17) is 0 Å². The van der Waals surface area contributed by atoms with Crippen LogP contribution < -0.4 is 5.32 Å². The highest BCUT2D eigenvalue weighted by Gasteiger charge is 2.38. The van der Waals surface area contributed by atoms with Crippen molar-refractivity contribution in [3.8, 4) is 0 Å². The zero-order valence-corrected chi connectivity index (χ0v) is 7.71. The normalized spacial score (nSPS) is 27.3. The lowest BCUT2D eigenvalue weighted by Crippen LogP contribution is -2.32. The maximum atomic E-state index is 11.6. The summed E-state index contributed by atoms with van der Waals surface area (Å²) < 4.78 is 0. The molecular weight excluding hydrogens is 162 g/mol. The first-order valence-electron chi connectivity index (χ1n) is 4.57. The summed E-state index contributed by atoms with van der Waals surface area (Å²) in [4.78, 5) is 11.6. The van der Waals surface area contributed by atoms with Gasteiger partial charge >= 0.3 is 0 Å². The van der Waals surface area contributed by atoms with Crippen LogP contribution in [0.1, 0.15) is 18.9 Å². The number of nitrogens with one attached hydrogen (secondary N) is 1. The molecule has 1 aromatic rings. The Bertz CT molecular complexity index is 320. The first-order chi connectivity index (χ1) is 6.23. The molecule has 0 saturated carbocycles. The van der Waals surface area contributed by atoms with E-state index in [1.165, 1.54) is 0 Å². The molecule has 0 radical (unpaired) electrons. The second-order valence-corrected chi connectivity index (χ2v) is 3.70. The first kappa shape index (κ1) is 8.30. The number of carbonyl (C=O) groups is 1. The predicted octanol–water partition coefficient (Wildman–Crippen LogP) is 1.46. The molecule has 1 aliphatic rings. The van der Waals surface area contributed by atoms with E-state index >= 15 is 0 Å². The topological polar surface area (TPSA) is 29.1 Å². The fraction of sp³-hybridized carbons (Fsp3) is 0.364. The fourth-order valence-electron chi connectivity index (χ4n) is 1.82. The first-order valence-corrected chi connectivity index (χ1v) is 4.57. The third kappa shape index (κ3) is 1.22. The Hall–Kier alpha value is -1.31. The van der Waals surface area contributed by atoms with Crippen molar-refractivity contribution in [1.29, 1.82) is 0 Å². The standard InChI is InChI=1S/C11H13NO/c1-11(7-8-12-10(11)13)9-5-3-2-4-6-9/h2-6H,7-8H2,1H3,(H,12,13)/t11-/m0/s1. The van der Waals surface area contributed by atoms with Gasteiger partial charge in [0.15, 0.2) is 0 Å². The molecular formula is C11H13NO. The van der Waals surface area contributed by atoms with Crippen molar-refractivity contribution in [2.75, 3.05) is 6.54 Å². The third-order valence-electron chi connectivity index (χ3n) is 2.82. The van der Waals surface area contributed by atoms with Crippen molar-refractivity contribution in [3.05, 3.63) is 35.9 Å². The van der Waals surface area contributed by atoms with Gasteiger partial charge in [-0.15, -0.1) is 0 Å². The number of rotatable bonds is 1. The maximum Gasteiger partial charge on any atom is 0.230 e. The van der Waals surface area contributed by atoms with Crippen LogP contribution >= 0.6 is 0 Å². The molecule has 13 heavy (non-hydrogen) atoms. The van der Waals surface area contributed by atoms with Gasteiger partial charge in [0.25, 0.3) is 0 Å². The van der Waals surface area contributed by atoms with E-state index in [2.05, 4.69) is 5.32 Å². The minimum Gasteiger partial charge on any atom is -0.355 e. The average molecular weight is 175 g/mol. The van der Waals surface area contributed by atoms with Gasteiger partial charge in [0.1, 0.15) is 0 Å². The van der Waals surface area contributed by atoms with E-state index in [0.29, 0.717) is 0 Å². The zero-order valence-electron chi connectivity index (χ0n) is 7.71. The molecule has 2 rings (SSSR count). The lowest BCUT2D eigenvalue weighted by atomic mass is 9.81. The Labute approximate surface area is 78.0 Å². The van der Waals surface area contributed by atoms with Crippen molar-refractivity contribution < 1.29 is 4.79 Å². The average Bonchev–Trinajstić information content (AvgIpc) is 2.50. The van der Waals surface area contributed by atoms with E-state index in [-0.39, 0.29) is 11.3 Å². The molecule has 0 aliphatic carbocycles. The molecule has 1 saturated heterocycles. The van der Waals surface area contributed by atoms with Gasteiger partial charge in [0.2, 0.25) is 5.91 Å². The number of hydrogen-bond acceptors (Lipinski definition) is 1. The van der Waals surface area contributed by atoms with Crippen LogP contribution in [0.5, 0.6) is 0 Å². The van der Waals surface area contributed by atoms with Crippen LogP contribution in [0.4, 0.5) is 0 Å². The van der Waals surface area contributed by atoms with Crippen LogP contribution in [0.15, 0.2) is 30.3 Å². The molecule has 0 aromatic heterocycles. The van der Waals surface area contributed by atoms with E-state index in [1.807, 2.05) is 37.3 Å². The molecule has 68 valence electrons. The van der Waals surface area contributed by atoms with Crippen molar-refractivity contribution in [1.82, 2.24) is 5.32 Å². The molecule has 1 aliphatic heterocycles. The lowest BCUT2D eigenvalue weighted by molar-refractivity contribution is -0.123. The predicted molar refractivity (Wildman–Crippen MR) is 51.4 cm³/mol. The third-order valence-corrected chi connectivity index (χ3v) is 2.82. The molecule has 1 aromatic carbocycles. The lowest BCUT2D eigenvalue weighted by Gasteiger charge is -2.20. The van der Waals surface area contributed by atoms with Crippen LogP contribution in [0.2, 0.25) is 0 Å². The summed E-state index contributed by atoms with van der Waals surface area (Å²) >= 11 is 0. The number of hydrogen-bond donors (Lipinski definition) is 1. The van der Waals surface area contributed by atoms with Crippen LogP contribution in [0, 0.1) is 0 Å². The Morgan fingerprint density at radius 2 is 2.00 bits per heavy atom. The van der Waals surface area contributed by atoms with Gasteiger partial charge in [-0.2, -0.15) is 0 Å². The SMILES string of the molecule is C[C@@]1(c2ccccc2)CCNC1=O. The second kappa shape index (κ2) is 2.87.